The molecule has 1 N–H and O–H groups in total. The molecule has 0 rings (SSSR count). The van der Waals surface area contributed by atoms with Gasteiger partial charge in [-0.3, -0.25) is 0 Å². The third-order valence-corrected chi connectivity index (χ3v) is 0.510. The van der Waals surface area contributed by atoms with Gasteiger partial charge in [-0.1, -0.05) is 6.92 Å². The van der Waals surface area contributed by atoms with Crippen LogP contribution in [-0.2, 0) is 0 Å². The molecule has 0 unspecified atom stereocenters. The fourth-order valence-electron chi connectivity index (χ4n) is 0.306. The first kappa shape index (κ1) is 5.67. The average Bonchev–Trinajstić information content (AvgIpc) is 1.35. The largest absolute Gasteiger partial charge is 0.310 e. The highest BCUT2D eigenvalue weighted by atomic mass is 14.4. The first-order valence-corrected chi connectivity index (χ1v) is 2.09. The Balaban J connectivity index is 2.83. The molecule has 1 radical (unpaired) electrons. The van der Waals surface area contributed by atoms with E-state index < -0.39 is 0 Å². The van der Waals surface area contributed by atoms with Gasteiger partial charge in [0.1, 0.15) is 0 Å². The van der Waals surface area contributed by atoms with E-state index in [1.165, 1.54) is 0 Å². The summed E-state index contributed by atoms with van der Waals surface area (Å²) in [5, 5.41) is 6.86. The van der Waals surface area contributed by atoms with Crippen molar-refractivity contribution in [2.45, 2.75) is 20.3 Å². The highest BCUT2D eigenvalue weighted by molar-refractivity contribution is 5.79. The molecule has 0 aliphatic rings. The van der Waals surface area contributed by atoms with Gasteiger partial charge in [-0.15, -0.1) is 0 Å². The van der Waals surface area contributed by atoms with Crippen molar-refractivity contribution in [3.05, 3.63) is 6.42 Å². The quantitative estimate of drug-likeness (QED) is 0.492. The fourth-order valence-corrected chi connectivity index (χ4v) is 0.306. The van der Waals surface area contributed by atoms with Crippen LogP contribution < -0.4 is 0 Å². The highest BCUT2D eigenvalue weighted by Crippen LogP contribution is 1.83. The average molecular weight is 84.1 g/mol. The predicted molar refractivity (Wildman–Crippen MR) is 28.0 cm³/mol. The van der Waals surface area contributed by atoms with E-state index in [-0.39, 0.29) is 0 Å². The van der Waals surface area contributed by atoms with Gasteiger partial charge in [0.2, 0.25) is 0 Å². The van der Waals surface area contributed by atoms with E-state index >= 15 is 0 Å². The highest BCUT2D eigenvalue weighted by Gasteiger charge is 1.79. The van der Waals surface area contributed by atoms with Crippen molar-refractivity contribution in [3.63, 3.8) is 0 Å². The van der Waals surface area contributed by atoms with Crippen molar-refractivity contribution in [2.75, 3.05) is 0 Å². The summed E-state index contributed by atoms with van der Waals surface area (Å²) < 4.78 is 0. The van der Waals surface area contributed by atoms with E-state index in [0.717, 1.165) is 12.1 Å². The minimum atomic E-state index is 0.734. The molecule has 1 nitrogen and oxygen atoms in total. The van der Waals surface area contributed by atoms with Crippen LogP contribution >= 0.6 is 0 Å². The van der Waals surface area contributed by atoms with Crippen molar-refractivity contribution in [3.8, 4) is 0 Å². The monoisotopic (exact) mass is 84.1 g/mol. The normalized spacial score (nSPS) is 8.33. The molecule has 6 heavy (non-hydrogen) atoms. The molecule has 1 heteroatoms. The molecule has 0 saturated heterocycles. The Hall–Kier alpha value is -0.330. The molecule has 0 fully saturated rings. The summed E-state index contributed by atoms with van der Waals surface area (Å²) in [7, 11) is 0. The van der Waals surface area contributed by atoms with Crippen LogP contribution in [0.1, 0.15) is 20.3 Å². The van der Waals surface area contributed by atoms with Crippen molar-refractivity contribution >= 4 is 5.71 Å². The molecule has 0 aliphatic carbocycles. The van der Waals surface area contributed by atoms with Crippen LogP contribution in [-0.4, -0.2) is 5.71 Å². The second-order valence-corrected chi connectivity index (χ2v) is 1.39. The number of hydrogen-bond donors (Lipinski definition) is 1. The Morgan fingerprint density at radius 1 is 1.83 bits per heavy atom. The van der Waals surface area contributed by atoms with Crippen LogP contribution in [0, 0.1) is 11.8 Å². The zero-order chi connectivity index (χ0) is 4.99. The first-order valence-electron chi connectivity index (χ1n) is 2.09. The topological polar surface area (TPSA) is 23.9 Å². The van der Waals surface area contributed by atoms with Crippen LogP contribution in [0.2, 0.25) is 0 Å². The molecular formula is C5H10N. The molecule has 35 valence electrons. The summed E-state index contributed by atoms with van der Waals surface area (Å²) in [6.07, 6.45) is 2.81. The van der Waals surface area contributed by atoms with E-state index in [0.29, 0.717) is 0 Å². The van der Waals surface area contributed by atoms with Crippen LogP contribution in [0.3, 0.4) is 0 Å². The maximum atomic E-state index is 6.86. The van der Waals surface area contributed by atoms with Crippen LogP contribution in [0.5, 0.6) is 0 Å². The smallest absolute Gasteiger partial charge is 0.00609 e. The molecule has 0 aromatic carbocycles. The summed E-state index contributed by atoms with van der Waals surface area (Å²) in [4.78, 5) is 0. The Kier molecular flexibility index (Phi) is 2.73. The maximum absolute atomic E-state index is 6.86. The van der Waals surface area contributed by atoms with Crippen LogP contribution in [0.4, 0.5) is 0 Å². The summed E-state index contributed by atoms with van der Waals surface area (Å²) in [5.41, 5.74) is 0.734. The third kappa shape index (κ3) is 3.67. The molecule has 0 aliphatic heterocycles. The maximum Gasteiger partial charge on any atom is 0.00609 e. The van der Waals surface area contributed by atoms with Crippen molar-refractivity contribution < 1.29 is 0 Å². The molecule has 0 spiro atoms. The SMILES string of the molecule is C[CH]CC(C)=N. The summed E-state index contributed by atoms with van der Waals surface area (Å²) >= 11 is 0. The van der Waals surface area contributed by atoms with Gasteiger partial charge in [0.15, 0.2) is 0 Å². The zero-order valence-corrected chi connectivity index (χ0v) is 4.28. The lowest BCUT2D eigenvalue weighted by atomic mass is 10.2. The third-order valence-electron chi connectivity index (χ3n) is 0.510. The van der Waals surface area contributed by atoms with Gasteiger partial charge >= 0.3 is 0 Å². The molecule has 0 aromatic heterocycles. The fraction of sp³-hybridized carbons (Fsp3) is 0.600. The molecule has 0 heterocycles. The summed E-state index contributed by atoms with van der Waals surface area (Å²) in [6, 6.07) is 0. The molecule has 0 atom stereocenters. The van der Waals surface area contributed by atoms with E-state index in [1.54, 1.807) is 6.92 Å². The van der Waals surface area contributed by atoms with Gasteiger partial charge < -0.3 is 5.41 Å². The first-order chi connectivity index (χ1) is 2.77. The predicted octanol–water partition coefficient (Wildman–Crippen LogP) is 1.64. The van der Waals surface area contributed by atoms with Gasteiger partial charge in [-0.2, -0.15) is 0 Å². The lowest BCUT2D eigenvalue weighted by Gasteiger charge is -1.84. The van der Waals surface area contributed by atoms with E-state index in [4.69, 9.17) is 5.41 Å². The molecule has 0 amide bonds. The van der Waals surface area contributed by atoms with Crippen LogP contribution in [0.25, 0.3) is 0 Å². The summed E-state index contributed by atoms with van der Waals surface area (Å²) in [6.45, 7) is 3.76. The minimum absolute atomic E-state index is 0.734. The van der Waals surface area contributed by atoms with Crippen LogP contribution in [0.15, 0.2) is 0 Å². The van der Waals surface area contributed by atoms with Gasteiger partial charge in [0, 0.05) is 5.71 Å². The number of hydrogen-bond acceptors (Lipinski definition) is 1. The Labute approximate surface area is 38.9 Å². The Morgan fingerprint density at radius 2 is 2.33 bits per heavy atom. The van der Waals surface area contributed by atoms with Crippen molar-refractivity contribution in [2.24, 2.45) is 0 Å². The van der Waals surface area contributed by atoms with E-state index in [2.05, 4.69) is 0 Å². The van der Waals surface area contributed by atoms with Gasteiger partial charge in [0.05, 0.1) is 0 Å². The zero-order valence-electron chi connectivity index (χ0n) is 4.28. The standard InChI is InChI=1S/C5H10N/c1-3-4-5(2)6/h3,6H,4H2,1-2H3. The minimum Gasteiger partial charge on any atom is -0.310 e. The lowest BCUT2D eigenvalue weighted by Crippen LogP contribution is -1.83. The number of nitrogens with one attached hydrogen (secondary N) is 1. The molecule has 0 bridgehead atoms. The Bertz CT molecular complexity index is 47.9. The van der Waals surface area contributed by atoms with E-state index in [1.807, 2.05) is 13.3 Å². The molecular weight excluding hydrogens is 74.1 g/mol. The van der Waals surface area contributed by atoms with Gasteiger partial charge in [-0.05, 0) is 19.8 Å². The van der Waals surface area contributed by atoms with Gasteiger partial charge in [0.25, 0.3) is 0 Å². The second-order valence-electron chi connectivity index (χ2n) is 1.39. The summed E-state index contributed by atoms with van der Waals surface area (Å²) in [5.74, 6) is 0. The molecule has 0 saturated carbocycles. The van der Waals surface area contributed by atoms with E-state index in [9.17, 15) is 0 Å². The van der Waals surface area contributed by atoms with Crippen molar-refractivity contribution in [1.29, 1.82) is 5.41 Å². The molecule has 0 aromatic rings. The Morgan fingerprint density at radius 3 is 2.33 bits per heavy atom. The van der Waals surface area contributed by atoms with Crippen molar-refractivity contribution in [1.82, 2.24) is 0 Å². The number of rotatable bonds is 2. The lowest BCUT2D eigenvalue weighted by molar-refractivity contribution is 1.22. The second kappa shape index (κ2) is 2.88. The van der Waals surface area contributed by atoms with Gasteiger partial charge in [-0.25, -0.2) is 0 Å².